The second-order valence-electron chi connectivity index (χ2n) is 14.5. The van der Waals surface area contributed by atoms with Crippen LogP contribution in [0.4, 0.5) is 11.4 Å². The predicted octanol–water partition coefficient (Wildman–Crippen LogP) is 10.4. The highest BCUT2D eigenvalue weighted by Gasteiger charge is 2.39. The number of rotatable bonds is 4. The Labute approximate surface area is 329 Å². The number of anilines is 2. The normalized spacial score (nSPS) is 13.6. The summed E-state index contributed by atoms with van der Waals surface area (Å²) < 4.78 is 0. The lowest BCUT2D eigenvalue weighted by molar-refractivity contribution is 0.0877. The first-order valence-electron chi connectivity index (χ1n) is 18.5. The van der Waals surface area contributed by atoms with Gasteiger partial charge in [0.05, 0.1) is 45.8 Å². The van der Waals surface area contributed by atoms with Crippen molar-refractivity contribution in [3.05, 3.63) is 179 Å². The van der Waals surface area contributed by atoms with Crippen LogP contribution in [0, 0.1) is 22.7 Å². The lowest BCUT2D eigenvalue weighted by Crippen LogP contribution is -2.40. The molecule has 0 radical (unpaired) electrons. The molecule has 9 aromatic carbocycles. The molecule has 9 aromatic rings. The van der Waals surface area contributed by atoms with Crippen LogP contribution in [0.3, 0.4) is 0 Å². The summed E-state index contributed by atoms with van der Waals surface area (Å²) in [4.78, 5) is 59.9. The fraction of sp³-hybridized carbons (Fsp3) is 0. The third-order valence-corrected chi connectivity index (χ3v) is 11.5. The van der Waals surface area contributed by atoms with Gasteiger partial charge in [-0.05, 0) is 86.9 Å². The molecule has 0 bridgehead atoms. The number of nitriles is 2. The van der Waals surface area contributed by atoms with Crippen LogP contribution >= 0.6 is 0 Å². The molecule has 8 heteroatoms. The van der Waals surface area contributed by atoms with Crippen molar-refractivity contribution in [2.24, 2.45) is 0 Å². The van der Waals surface area contributed by atoms with Crippen LogP contribution < -0.4 is 9.80 Å². The number of carbonyl (C=O) groups excluding carboxylic acids is 4. The van der Waals surface area contributed by atoms with Gasteiger partial charge in [0.15, 0.2) is 0 Å². The van der Waals surface area contributed by atoms with Crippen molar-refractivity contribution in [3.63, 3.8) is 0 Å². The first-order valence-corrected chi connectivity index (χ1v) is 18.5. The van der Waals surface area contributed by atoms with Gasteiger partial charge in [-0.2, -0.15) is 10.5 Å². The Hall–Kier alpha value is -8.46. The highest BCUT2D eigenvalue weighted by atomic mass is 16.2. The van der Waals surface area contributed by atoms with E-state index in [1.165, 1.54) is 17.0 Å². The molecule has 2 heterocycles. The first-order chi connectivity index (χ1) is 28.4. The Morgan fingerprint density at radius 2 is 0.707 bits per heavy atom. The summed E-state index contributed by atoms with van der Waals surface area (Å²) in [6, 6.07) is 48.3. The molecular weight excluding hydrogens is 721 g/mol. The number of amides is 4. The van der Waals surface area contributed by atoms with Crippen molar-refractivity contribution in [3.8, 4) is 34.4 Å². The van der Waals surface area contributed by atoms with E-state index in [9.17, 15) is 29.7 Å². The van der Waals surface area contributed by atoms with Gasteiger partial charge in [0.25, 0.3) is 23.6 Å². The highest BCUT2D eigenvalue weighted by Crippen LogP contribution is 2.49. The summed E-state index contributed by atoms with van der Waals surface area (Å²) in [6.07, 6.45) is 0. The summed E-state index contributed by atoms with van der Waals surface area (Å²) >= 11 is 0. The van der Waals surface area contributed by atoms with Gasteiger partial charge in [0, 0.05) is 38.1 Å². The number of imide groups is 2. The van der Waals surface area contributed by atoms with Gasteiger partial charge in [-0.3, -0.25) is 19.2 Å². The van der Waals surface area contributed by atoms with E-state index in [2.05, 4.69) is 12.1 Å². The maximum absolute atomic E-state index is 14.5. The minimum absolute atomic E-state index is 0.159. The van der Waals surface area contributed by atoms with Crippen LogP contribution in [-0.2, 0) is 0 Å². The van der Waals surface area contributed by atoms with Crippen LogP contribution in [0.5, 0.6) is 0 Å². The second-order valence-corrected chi connectivity index (χ2v) is 14.5. The average Bonchev–Trinajstić information content (AvgIpc) is 3.27. The minimum Gasteiger partial charge on any atom is -0.268 e. The topological polar surface area (TPSA) is 122 Å². The van der Waals surface area contributed by atoms with Crippen molar-refractivity contribution in [2.45, 2.75) is 0 Å². The summed E-state index contributed by atoms with van der Waals surface area (Å²) in [5, 5.41) is 25.2. The molecule has 0 fully saturated rings. The van der Waals surface area contributed by atoms with Crippen molar-refractivity contribution >= 4 is 78.1 Å². The molecule has 0 saturated carbocycles. The van der Waals surface area contributed by atoms with Gasteiger partial charge in [-0.25, -0.2) is 9.80 Å². The molecule has 58 heavy (non-hydrogen) atoms. The molecule has 0 unspecified atom stereocenters. The molecule has 268 valence electrons. The largest absolute Gasteiger partial charge is 0.268 e. The summed E-state index contributed by atoms with van der Waals surface area (Å²) in [7, 11) is 0. The Balaban J connectivity index is 1.11. The third kappa shape index (κ3) is 4.37. The molecule has 8 nitrogen and oxygen atoms in total. The van der Waals surface area contributed by atoms with E-state index in [0.29, 0.717) is 65.6 Å². The zero-order valence-electron chi connectivity index (χ0n) is 30.3. The van der Waals surface area contributed by atoms with Crippen LogP contribution in [-0.4, -0.2) is 23.6 Å². The molecule has 0 N–H and O–H groups in total. The lowest BCUT2D eigenvalue weighted by atomic mass is 9.79. The fourth-order valence-corrected chi connectivity index (χ4v) is 8.98. The van der Waals surface area contributed by atoms with Gasteiger partial charge in [0.2, 0.25) is 0 Å². The second kappa shape index (κ2) is 12.0. The molecule has 0 aliphatic carbocycles. The Kier molecular flexibility index (Phi) is 6.82. The molecule has 0 spiro atoms. The lowest BCUT2D eigenvalue weighted by Gasteiger charge is -2.31. The molecule has 0 saturated heterocycles. The monoisotopic (exact) mass is 744 g/mol. The van der Waals surface area contributed by atoms with Crippen LogP contribution in [0.15, 0.2) is 146 Å². The molecule has 2 aliphatic heterocycles. The molecule has 0 atom stereocenters. The van der Waals surface area contributed by atoms with Gasteiger partial charge < -0.3 is 0 Å². The van der Waals surface area contributed by atoms with Crippen LogP contribution in [0.25, 0.3) is 65.3 Å². The fourth-order valence-electron chi connectivity index (χ4n) is 8.98. The molecule has 4 amide bonds. The number of hydrogen-bond acceptors (Lipinski definition) is 6. The van der Waals surface area contributed by atoms with E-state index in [4.69, 9.17) is 0 Å². The first kappa shape index (κ1) is 32.9. The number of hydrogen-bond donors (Lipinski definition) is 0. The Bertz CT molecular complexity index is 3280. The minimum atomic E-state index is -0.590. The third-order valence-electron chi connectivity index (χ3n) is 11.5. The van der Waals surface area contributed by atoms with E-state index < -0.39 is 23.6 Å². The summed E-state index contributed by atoms with van der Waals surface area (Å²) in [5.74, 6) is -2.18. The van der Waals surface area contributed by atoms with E-state index in [1.54, 1.807) is 48.5 Å². The van der Waals surface area contributed by atoms with Gasteiger partial charge in [0.1, 0.15) is 0 Å². The SMILES string of the molecule is N#Cc1cc2c3c(cc(C#N)c4c5ccc6c7c(ccc(c1c34)c75)C(=O)N(c1ccc(-c3ccccc3)cc1)C6=O)C(=O)N(c1ccc(-c3ccccc3)cc1)C2=O. The van der Waals surface area contributed by atoms with Crippen LogP contribution in [0.1, 0.15) is 52.6 Å². The van der Waals surface area contributed by atoms with E-state index in [0.717, 1.165) is 27.2 Å². The molecule has 0 aromatic heterocycles. The quantitative estimate of drug-likeness (QED) is 0.100. The zero-order valence-corrected chi connectivity index (χ0v) is 30.3. The molecule has 2 aliphatic rings. The van der Waals surface area contributed by atoms with Crippen molar-refractivity contribution in [2.75, 3.05) is 9.80 Å². The zero-order chi connectivity index (χ0) is 39.4. The Morgan fingerprint density at radius 3 is 1.10 bits per heavy atom. The van der Waals surface area contributed by atoms with E-state index in [-0.39, 0.29) is 22.3 Å². The number of fused-ring (bicyclic) bond motifs is 2. The molecular formula is C50H24N4O4. The number of carbonyl (C=O) groups is 4. The highest BCUT2D eigenvalue weighted by molar-refractivity contribution is 6.46. The van der Waals surface area contributed by atoms with Crippen molar-refractivity contribution in [1.82, 2.24) is 0 Å². The van der Waals surface area contributed by atoms with Crippen LogP contribution in [0.2, 0.25) is 0 Å². The van der Waals surface area contributed by atoms with E-state index >= 15 is 0 Å². The van der Waals surface area contributed by atoms with E-state index in [1.807, 2.05) is 84.9 Å². The average molecular weight is 745 g/mol. The maximum atomic E-state index is 14.5. The van der Waals surface area contributed by atoms with Gasteiger partial charge >= 0.3 is 0 Å². The summed E-state index contributed by atoms with van der Waals surface area (Å²) in [6.45, 7) is 0. The summed E-state index contributed by atoms with van der Waals surface area (Å²) in [5.41, 5.74) is 5.85. The molecule has 11 rings (SSSR count). The smallest absolute Gasteiger partial charge is 0.266 e. The van der Waals surface area contributed by atoms with Crippen molar-refractivity contribution in [1.29, 1.82) is 10.5 Å². The standard InChI is InChI=1S/C50H24N4O4/c51-25-31-23-39-45-40(50(58)54(49(39)57)34-17-13-30(14-18-34)28-9-5-2-6-10-28)24-32(26-52)42-36-20-22-38-44-37(21-19-35(43(36)44)41(31)46(42)45)47(55)53(48(38)56)33-15-11-29(12-16-33)27-7-3-1-4-8-27/h1-24H. The maximum Gasteiger partial charge on any atom is 0.266 e. The number of nitrogens with zero attached hydrogens (tertiary/aromatic N) is 4. The predicted molar refractivity (Wildman–Crippen MR) is 223 cm³/mol. The van der Waals surface area contributed by atoms with Gasteiger partial charge in [-0.15, -0.1) is 0 Å². The van der Waals surface area contributed by atoms with Gasteiger partial charge in [-0.1, -0.05) is 97.1 Å². The number of benzene rings is 9. The Morgan fingerprint density at radius 1 is 0.345 bits per heavy atom. The van der Waals surface area contributed by atoms with Crippen molar-refractivity contribution < 1.29 is 19.2 Å².